The van der Waals surface area contributed by atoms with Crippen molar-refractivity contribution in [3.8, 4) is 0 Å². The number of nitrogens with zero attached hydrogens (tertiary/aromatic N) is 1. The summed E-state index contributed by atoms with van der Waals surface area (Å²) < 4.78 is 13.7. The molecule has 0 aliphatic carbocycles. The normalized spacial score (nSPS) is 10.3. The molecule has 0 atom stereocenters. The highest BCUT2D eigenvalue weighted by atomic mass is 79.9. The van der Waals surface area contributed by atoms with Crippen LogP contribution < -0.4 is 5.32 Å². The topological polar surface area (TPSA) is 24.9 Å². The third kappa shape index (κ3) is 3.00. The fourth-order valence-electron chi connectivity index (χ4n) is 1.17. The van der Waals surface area contributed by atoms with Crippen LogP contribution in [0, 0.1) is 5.82 Å². The molecule has 78 valence electrons. The van der Waals surface area contributed by atoms with Crippen molar-refractivity contribution in [2.24, 2.45) is 0 Å². The van der Waals surface area contributed by atoms with Gasteiger partial charge in [0.15, 0.2) is 0 Å². The van der Waals surface area contributed by atoms with Gasteiger partial charge in [0.2, 0.25) is 0 Å². The fourth-order valence-corrected chi connectivity index (χ4v) is 2.17. The molecule has 2 nitrogen and oxygen atoms in total. The van der Waals surface area contributed by atoms with Crippen LogP contribution in [-0.4, -0.2) is 4.98 Å². The summed E-state index contributed by atoms with van der Waals surface area (Å²) in [4.78, 5) is 5.09. The number of hydrogen-bond acceptors (Lipinski definition) is 3. The minimum absolute atomic E-state index is 0.254. The van der Waals surface area contributed by atoms with Gasteiger partial charge >= 0.3 is 0 Å². The summed E-state index contributed by atoms with van der Waals surface area (Å²) >= 11 is 4.81. The summed E-state index contributed by atoms with van der Waals surface area (Å²) in [5.41, 5.74) is 2.54. The van der Waals surface area contributed by atoms with E-state index in [2.05, 4.69) is 26.2 Å². The molecule has 1 aromatic carbocycles. The molecule has 1 N–H and O–H groups in total. The molecule has 0 unspecified atom stereocenters. The molecule has 0 amide bonds. The zero-order valence-electron chi connectivity index (χ0n) is 7.71. The summed E-state index contributed by atoms with van der Waals surface area (Å²) in [6, 6.07) is 4.73. The molecule has 0 saturated carbocycles. The summed E-state index contributed by atoms with van der Waals surface area (Å²) in [6.45, 7) is 0.667. The third-order valence-corrected chi connectivity index (χ3v) is 3.05. The van der Waals surface area contributed by atoms with Crippen LogP contribution in [0.25, 0.3) is 0 Å². The van der Waals surface area contributed by atoms with Gasteiger partial charge < -0.3 is 5.32 Å². The van der Waals surface area contributed by atoms with E-state index < -0.39 is 0 Å². The van der Waals surface area contributed by atoms with Crippen LogP contribution in [0.3, 0.4) is 0 Å². The minimum Gasteiger partial charge on any atom is -0.380 e. The SMILES string of the molecule is Fc1cc(Br)cc(NCc2cncs2)c1. The smallest absolute Gasteiger partial charge is 0.126 e. The average Bonchev–Trinajstić information content (AvgIpc) is 2.65. The Labute approximate surface area is 99.3 Å². The van der Waals surface area contributed by atoms with Crippen molar-refractivity contribution < 1.29 is 4.39 Å². The number of hydrogen-bond donors (Lipinski definition) is 1. The third-order valence-electron chi connectivity index (χ3n) is 1.81. The predicted octanol–water partition coefficient (Wildman–Crippen LogP) is 3.66. The van der Waals surface area contributed by atoms with Gasteiger partial charge in [-0.25, -0.2) is 4.39 Å². The second-order valence-electron chi connectivity index (χ2n) is 2.98. The van der Waals surface area contributed by atoms with Crippen molar-refractivity contribution >= 4 is 33.0 Å². The first-order valence-electron chi connectivity index (χ1n) is 4.31. The largest absolute Gasteiger partial charge is 0.380 e. The Kier molecular flexibility index (Phi) is 3.33. The van der Waals surface area contributed by atoms with E-state index >= 15 is 0 Å². The second-order valence-corrected chi connectivity index (χ2v) is 4.87. The Balaban J connectivity index is 2.05. The quantitative estimate of drug-likeness (QED) is 0.932. The van der Waals surface area contributed by atoms with Crippen LogP contribution >= 0.6 is 27.3 Å². The predicted molar refractivity (Wildman–Crippen MR) is 63.5 cm³/mol. The summed E-state index contributed by atoms with van der Waals surface area (Å²) in [7, 11) is 0. The van der Waals surface area contributed by atoms with Crippen molar-refractivity contribution in [1.29, 1.82) is 0 Å². The van der Waals surface area contributed by atoms with E-state index in [-0.39, 0.29) is 5.82 Å². The zero-order valence-corrected chi connectivity index (χ0v) is 10.1. The maximum Gasteiger partial charge on any atom is 0.126 e. The molecule has 0 bridgehead atoms. The molecule has 0 fully saturated rings. The van der Waals surface area contributed by atoms with Crippen LogP contribution in [0.1, 0.15) is 4.88 Å². The first-order chi connectivity index (χ1) is 7.24. The lowest BCUT2D eigenvalue weighted by Crippen LogP contribution is -1.97. The monoisotopic (exact) mass is 286 g/mol. The fraction of sp³-hybridized carbons (Fsp3) is 0.100. The molecule has 0 spiro atoms. The molecule has 2 rings (SSSR count). The van der Waals surface area contributed by atoms with E-state index in [0.717, 1.165) is 15.0 Å². The zero-order chi connectivity index (χ0) is 10.7. The maximum atomic E-state index is 13.0. The van der Waals surface area contributed by atoms with Gasteiger partial charge in [0.1, 0.15) is 5.82 Å². The Hall–Kier alpha value is -0.940. The van der Waals surface area contributed by atoms with Gasteiger partial charge in [-0.15, -0.1) is 11.3 Å². The molecule has 0 saturated heterocycles. The highest BCUT2D eigenvalue weighted by molar-refractivity contribution is 9.10. The van der Waals surface area contributed by atoms with Crippen LogP contribution in [0.4, 0.5) is 10.1 Å². The standard InChI is InChI=1S/C10H8BrFN2S/c11-7-1-8(12)3-9(2-7)14-5-10-4-13-6-15-10/h1-4,6,14H,5H2. The highest BCUT2D eigenvalue weighted by Gasteiger charge is 1.99. The molecule has 0 aliphatic rings. The van der Waals surface area contributed by atoms with Crippen molar-refractivity contribution in [3.63, 3.8) is 0 Å². The van der Waals surface area contributed by atoms with Crippen LogP contribution in [0.2, 0.25) is 0 Å². The Morgan fingerprint density at radius 2 is 2.27 bits per heavy atom. The van der Waals surface area contributed by atoms with E-state index in [9.17, 15) is 4.39 Å². The van der Waals surface area contributed by atoms with Crippen LogP contribution in [0.15, 0.2) is 34.4 Å². The second kappa shape index (κ2) is 4.72. The average molecular weight is 287 g/mol. The van der Waals surface area contributed by atoms with Gasteiger partial charge in [-0.2, -0.15) is 0 Å². The lowest BCUT2D eigenvalue weighted by molar-refractivity contribution is 0.627. The Morgan fingerprint density at radius 3 is 2.93 bits per heavy atom. The summed E-state index contributed by atoms with van der Waals surface area (Å²) in [6.07, 6.45) is 1.80. The summed E-state index contributed by atoms with van der Waals surface area (Å²) in [5.74, 6) is -0.254. The van der Waals surface area contributed by atoms with E-state index in [4.69, 9.17) is 0 Å². The Bertz CT molecular complexity index is 424. The Morgan fingerprint density at radius 1 is 1.40 bits per heavy atom. The molecule has 0 radical (unpaired) electrons. The molecule has 2 aromatic rings. The number of rotatable bonds is 3. The molecule has 0 aliphatic heterocycles. The number of thiazole rings is 1. The molecule has 1 aromatic heterocycles. The summed E-state index contributed by atoms with van der Waals surface area (Å²) in [5, 5.41) is 3.13. The van der Waals surface area contributed by atoms with Crippen molar-refractivity contribution in [2.75, 3.05) is 5.32 Å². The number of aromatic nitrogens is 1. The van der Waals surface area contributed by atoms with Gasteiger partial charge in [-0.05, 0) is 18.2 Å². The van der Waals surface area contributed by atoms with Gasteiger partial charge in [0.05, 0.1) is 12.1 Å². The first kappa shape index (κ1) is 10.6. The highest BCUT2D eigenvalue weighted by Crippen LogP contribution is 2.19. The van der Waals surface area contributed by atoms with Crippen molar-refractivity contribution in [1.82, 2.24) is 4.98 Å². The minimum atomic E-state index is -0.254. The van der Waals surface area contributed by atoms with E-state index in [0.29, 0.717) is 6.54 Å². The van der Waals surface area contributed by atoms with Gasteiger partial charge in [-0.1, -0.05) is 15.9 Å². The molecule has 15 heavy (non-hydrogen) atoms. The number of nitrogens with one attached hydrogen (secondary N) is 1. The molecular formula is C10H8BrFN2S. The van der Waals surface area contributed by atoms with E-state index in [1.165, 1.54) is 12.1 Å². The van der Waals surface area contributed by atoms with Gasteiger partial charge in [0, 0.05) is 21.2 Å². The molecule has 5 heteroatoms. The lowest BCUT2D eigenvalue weighted by atomic mass is 10.3. The maximum absolute atomic E-state index is 13.0. The molecular weight excluding hydrogens is 279 g/mol. The van der Waals surface area contributed by atoms with Crippen molar-refractivity contribution in [3.05, 3.63) is 45.1 Å². The van der Waals surface area contributed by atoms with Gasteiger partial charge in [-0.3, -0.25) is 4.98 Å². The van der Waals surface area contributed by atoms with Crippen LogP contribution in [0.5, 0.6) is 0 Å². The first-order valence-corrected chi connectivity index (χ1v) is 5.98. The van der Waals surface area contributed by atoms with E-state index in [1.807, 2.05) is 6.07 Å². The van der Waals surface area contributed by atoms with Crippen LogP contribution in [-0.2, 0) is 6.54 Å². The lowest BCUT2D eigenvalue weighted by Gasteiger charge is -2.05. The van der Waals surface area contributed by atoms with Gasteiger partial charge in [0.25, 0.3) is 0 Å². The number of benzene rings is 1. The van der Waals surface area contributed by atoms with Crippen molar-refractivity contribution in [2.45, 2.75) is 6.54 Å². The number of halogens is 2. The van der Waals surface area contributed by atoms with E-state index in [1.54, 1.807) is 23.0 Å². The molecule has 1 heterocycles. The number of anilines is 1.